The molecule has 5 rings (SSSR count). The highest BCUT2D eigenvalue weighted by atomic mass is 32.1. The smallest absolute Gasteiger partial charge is 0.281 e. The van der Waals surface area contributed by atoms with E-state index < -0.39 is 0 Å². The molecule has 1 aliphatic rings. The van der Waals surface area contributed by atoms with E-state index in [0.29, 0.717) is 23.1 Å². The summed E-state index contributed by atoms with van der Waals surface area (Å²) in [7, 11) is 0. The number of primary amides is 1. The van der Waals surface area contributed by atoms with Crippen molar-refractivity contribution in [1.29, 1.82) is 0 Å². The zero-order chi connectivity index (χ0) is 19.8. The third-order valence-electron chi connectivity index (χ3n) is 5.28. The number of hydrogen-bond acceptors (Lipinski definition) is 7. The van der Waals surface area contributed by atoms with Crippen molar-refractivity contribution in [3.8, 4) is 10.9 Å². The van der Waals surface area contributed by atoms with Gasteiger partial charge in [0.05, 0.1) is 16.9 Å². The Morgan fingerprint density at radius 2 is 2.31 bits per heavy atom. The van der Waals surface area contributed by atoms with Crippen molar-refractivity contribution >= 4 is 38.6 Å². The van der Waals surface area contributed by atoms with Gasteiger partial charge in [0.2, 0.25) is 5.91 Å². The predicted octanol–water partition coefficient (Wildman–Crippen LogP) is 3.93. The van der Waals surface area contributed by atoms with Crippen LogP contribution in [0.1, 0.15) is 18.4 Å². The summed E-state index contributed by atoms with van der Waals surface area (Å²) in [5.74, 6) is 0.396. The number of nitrogens with two attached hydrogens (primary N) is 1. The first kappa shape index (κ1) is 18.1. The molecule has 0 unspecified atom stereocenters. The molecule has 0 aliphatic carbocycles. The number of thiazole rings is 1. The number of rotatable bonds is 5. The SMILES string of the molecule is NC(=O)[C@H]1CCCN(Cc2coc3cc(Oc4nc5ncccc5s4)ccc23)C1. The average molecular weight is 408 g/mol. The molecule has 1 aromatic carbocycles. The van der Waals surface area contributed by atoms with Gasteiger partial charge in [-0.1, -0.05) is 11.3 Å². The zero-order valence-electron chi connectivity index (χ0n) is 15.7. The number of furan rings is 1. The highest BCUT2D eigenvalue weighted by Gasteiger charge is 2.24. The number of piperidine rings is 1. The van der Waals surface area contributed by atoms with E-state index in [0.717, 1.165) is 47.2 Å². The maximum Gasteiger partial charge on any atom is 0.281 e. The number of likely N-dealkylation sites (tertiary alicyclic amines) is 1. The van der Waals surface area contributed by atoms with E-state index in [4.69, 9.17) is 14.9 Å². The van der Waals surface area contributed by atoms with Crippen LogP contribution in [0.15, 0.2) is 47.2 Å². The lowest BCUT2D eigenvalue weighted by Crippen LogP contribution is -2.40. The first-order valence-electron chi connectivity index (χ1n) is 9.57. The van der Waals surface area contributed by atoms with Crippen molar-refractivity contribution in [2.45, 2.75) is 19.4 Å². The molecule has 0 radical (unpaired) electrons. The van der Waals surface area contributed by atoms with E-state index >= 15 is 0 Å². The molecule has 0 bridgehead atoms. The molecule has 1 aliphatic heterocycles. The number of carbonyl (C=O) groups is 1. The Hall–Kier alpha value is -2.97. The fourth-order valence-electron chi connectivity index (χ4n) is 3.82. The Bertz CT molecular complexity index is 1150. The van der Waals surface area contributed by atoms with Crippen LogP contribution in [0.2, 0.25) is 0 Å². The van der Waals surface area contributed by atoms with Crippen molar-refractivity contribution in [1.82, 2.24) is 14.9 Å². The molecule has 0 saturated carbocycles. The van der Waals surface area contributed by atoms with Gasteiger partial charge in [0.15, 0.2) is 5.65 Å². The Morgan fingerprint density at radius 3 is 3.17 bits per heavy atom. The molecule has 1 fully saturated rings. The third-order valence-corrected chi connectivity index (χ3v) is 6.17. The Balaban J connectivity index is 1.33. The Kier molecular flexibility index (Phi) is 4.65. The average Bonchev–Trinajstić information content (AvgIpc) is 3.31. The van der Waals surface area contributed by atoms with Crippen LogP contribution in [0.3, 0.4) is 0 Å². The largest absolute Gasteiger partial charge is 0.464 e. The first-order chi connectivity index (χ1) is 14.2. The van der Waals surface area contributed by atoms with E-state index in [2.05, 4.69) is 14.9 Å². The number of pyridine rings is 1. The summed E-state index contributed by atoms with van der Waals surface area (Å²) in [5, 5.41) is 1.60. The summed E-state index contributed by atoms with van der Waals surface area (Å²) in [5.41, 5.74) is 8.04. The van der Waals surface area contributed by atoms with Crippen LogP contribution in [-0.4, -0.2) is 33.9 Å². The predicted molar refractivity (Wildman–Crippen MR) is 111 cm³/mol. The van der Waals surface area contributed by atoms with E-state index in [9.17, 15) is 4.79 Å². The molecule has 7 nitrogen and oxygen atoms in total. The lowest BCUT2D eigenvalue weighted by atomic mass is 9.97. The number of hydrogen-bond donors (Lipinski definition) is 1. The maximum absolute atomic E-state index is 11.5. The van der Waals surface area contributed by atoms with Gasteiger partial charge in [0, 0.05) is 36.3 Å². The van der Waals surface area contributed by atoms with Crippen LogP contribution in [0.25, 0.3) is 21.3 Å². The van der Waals surface area contributed by atoms with Gasteiger partial charge in [0.1, 0.15) is 11.3 Å². The quantitative estimate of drug-likeness (QED) is 0.538. The lowest BCUT2D eigenvalue weighted by molar-refractivity contribution is -0.123. The van der Waals surface area contributed by atoms with Crippen molar-refractivity contribution in [3.05, 3.63) is 48.4 Å². The molecule has 3 aromatic heterocycles. The normalized spacial score (nSPS) is 17.7. The molecule has 148 valence electrons. The summed E-state index contributed by atoms with van der Waals surface area (Å²) < 4.78 is 12.7. The molecular weight excluding hydrogens is 388 g/mol. The molecule has 1 saturated heterocycles. The fourth-order valence-corrected chi connectivity index (χ4v) is 4.61. The number of amides is 1. The summed E-state index contributed by atoms with van der Waals surface area (Å²) in [4.78, 5) is 22.4. The number of aromatic nitrogens is 2. The van der Waals surface area contributed by atoms with Gasteiger partial charge in [-0.2, -0.15) is 4.98 Å². The van der Waals surface area contributed by atoms with Crippen LogP contribution in [-0.2, 0) is 11.3 Å². The standard InChI is InChI=1S/C21H20N4O3S/c22-19(26)13-3-2-8-25(10-13)11-14-12-27-17-9-15(5-6-16(14)17)28-21-24-20-18(29-21)4-1-7-23-20/h1,4-7,9,12-13H,2-3,8,10-11H2,(H2,22,26)/t13-/m0/s1. The number of ether oxygens (including phenoxy) is 1. The molecule has 8 heteroatoms. The second-order valence-corrected chi connectivity index (χ2v) is 8.30. The second kappa shape index (κ2) is 7.46. The summed E-state index contributed by atoms with van der Waals surface area (Å²) in [6.07, 6.45) is 5.36. The minimum Gasteiger partial charge on any atom is -0.464 e. The number of nitrogens with zero attached hydrogens (tertiary/aromatic N) is 3. The third kappa shape index (κ3) is 3.68. The van der Waals surface area contributed by atoms with Gasteiger partial charge >= 0.3 is 0 Å². The molecular formula is C21H20N4O3S. The minimum atomic E-state index is -0.210. The fraction of sp³-hybridized carbons (Fsp3) is 0.286. The van der Waals surface area contributed by atoms with Gasteiger partial charge in [-0.15, -0.1) is 0 Å². The number of benzene rings is 1. The van der Waals surface area contributed by atoms with Crippen molar-refractivity contribution < 1.29 is 13.9 Å². The molecule has 4 aromatic rings. The van der Waals surface area contributed by atoms with Gasteiger partial charge in [0.25, 0.3) is 5.19 Å². The maximum atomic E-state index is 11.5. The number of fused-ring (bicyclic) bond motifs is 2. The zero-order valence-corrected chi connectivity index (χ0v) is 16.5. The Labute approximate surface area is 171 Å². The monoisotopic (exact) mass is 408 g/mol. The van der Waals surface area contributed by atoms with Crippen LogP contribution >= 0.6 is 11.3 Å². The van der Waals surface area contributed by atoms with E-state index in [-0.39, 0.29) is 11.8 Å². The summed E-state index contributed by atoms with van der Waals surface area (Å²) in [6.45, 7) is 2.40. The second-order valence-electron chi connectivity index (χ2n) is 7.30. The molecule has 0 spiro atoms. The van der Waals surface area contributed by atoms with Gasteiger partial charge in [-0.25, -0.2) is 4.98 Å². The van der Waals surface area contributed by atoms with E-state index in [1.807, 2.05) is 30.3 Å². The van der Waals surface area contributed by atoms with Gasteiger partial charge < -0.3 is 14.9 Å². The lowest BCUT2D eigenvalue weighted by Gasteiger charge is -2.30. The Morgan fingerprint density at radius 1 is 1.38 bits per heavy atom. The summed E-state index contributed by atoms with van der Waals surface area (Å²) >= 11 is 1.46. The molecule has 1 atom stereocenters. The van der Waals surface area contributed by atoms with Crippen molar-refractivity contribution in [3.63, 3.8) is 0 Å². The van der Waals surface area contributed by atoms with E-state index in [1.165, 1.54) is 11.3 Å². The van der Waals surface area contributed by atoms with E-state index in [1.54, 1.807) is 12.5 Å². The highest BCUT2D eigenvalue weighted by Crippen LogP contribution is 2.33. The number of carbonyl (C=O) groups excluding carboxylic acids is 1. The van der Waals surface area contributed by atoms with Gasteiger partial charge in [-0.3, -0.25) is 9.69 Å². The molecule has 2 N–H and O–H groups in total. The molecule has 1 amide bonds. The first-order valence-corrected chi connectivity index (χ1v) is 10.4. The highest BCUT2D eigenvalue weighted by molar-refractivity contribution is 7.20. The van der Waals surface area contributed by atoms with Crippen LogP contribution < -0.4 is 10.5 Å². The van der Waals surface area contributed by atoms with Crippen molar-refractivity contribution in [2.24, 2.45) is 11.7 Å². The van der Waals surface area contributed by atoms with Crippen molar-refractivity contribution in [2.75, 3.05) is 13.1 Å². The molecule has 4 heterocycles. The minimum absolute atomic E-state index is 0.0646. The topological polar surface area (TPSA) is 94.5 Å². The van der Waals surface area contributed by atoms with Gasteiger partial charge in [-0.05, 0) is 43.7 Å². The van der Waals surface area contributed by atoms with Crippen LogP contribution in [0, 0.1) is 5.92 Å². The molecule has 29 heavy (non-hydrogen) atoms. The summed E-state index contributed by atoms with van der Waals surface area (Å²) in [6, 6.07) is 9.65. The van der Waals surface area contributed by atoms with Crippen LogP contribution in [0.4, 0.5) is 0 Å². The van der Waals surface area contributed by atoms with Crippen LogP contribution in [0.5, 0.6) is 10.9 Å².